The third-order valence-electron chi connectivity index (χ3n) is 3.74. The van der Waals surface area contributed by atoms with Crippen molar-refractivity contribution in [3.8, 4) is 0 Å². The lowest BCUT2D eigenvalue weighted by Crippen LogP contribution is -2.23. The lowest BCUT2D eigenvalue weighted by atomic mass is 10.1. The van der Waals surface area contributed by atoms with Crippen molar-refractivity contribution in [1.29, 1.82) is 0 Å². The Hall–Kier alpha value is -2.82. The van der Waals surface area contributed by atoms with Crippen LogP contribution in [0.1, 0.15) is 28.4 Å². The summed E-state index contributed by atoms with van der Waals surface area (Å²) in [5.74, 6) is -0.677. The molecule has 2 aromatic rings. The van der Waals surface area contributed by atoms with Gasteiger partial charge in [-0.15, -0.1) is 0 Å². The van der Waals surface area contributed by atoms with Crippen LogP contribution in [0.3, 0.4) is 0 Å². The Bertz CT molecular complexity index is 741. The van der Waals surface area contributed by atoms with Crippen LogP contribution < -0.4 is 10.6 Å². The number of para-hydroxylation sites is 1. The molecular formula is C19H22N2O3. The van der Waals surface area contributed by atoms with Gasteiger partial charge in [0.15, 0.2) is 0 Å². The first-order chi connectivity index (χ1) is 11.5. The van der Waals surface area contributed by atoms with Crippen LogP contribution in [0.5, 0.6) is 0 Å². The highest BCUT2D eigenvalue weighted by molar-refractivity contribution is 6.02. The molecule has 0 fully saturated rings. The van der Waals surface area contributed by atoms with Gasteiger partial charge in [-0.25, -0.2) is 4.79 Å². The maximum absolute atomic E-state index is 12.2. The molecule has 1 amide bonds. The fraction of sp³-hybridized carbons (Fsp3) is 0.263. The SMILES string of the molecule is CCOC(=O)c1ccccc1NC(=O)CNc1cccc(C)c1C. The molecule has 0 bridgehead atoms. The molecule has 0 heterocycles. The number of hydrogen-bond donors (Lipinski definition) is 2. The number of rotatable bonds is 6. The molecule has 2 aromatic carbocycles. The fourth-order valence-corrected chi connectivity index (χ4v) is 2.29. The smallest absolute Gasteiger partial charge is 0.340 e. The van der Waals surface area contributed by atoms with Gasteiger partial charge in [0.05, 0.1) is 24.4 Å². The Morgan fingerprint density at radius 3 is 2.46 bits per heavy atom. The summed E-state index contributed by atoms with van der Waals surface area (Å²) in [7, 11) is 0. The van der Waals surface area contributed by atoms with E-state index in [1.807, 2.05) is 32.0 Å². The van der Waals surface area contributed by atoms with Crippen molar-refractivity contribution in [3.63, 3.8) is 0 Å². The van der Waals surface area contributed by atoms with E-state index in [0.29, 0.717) is 11.3 Å². The van der Waals surface area contributed by atoms with Crippen LogP contribution in [0.2, 0.25) is 0 Å². The molecule has 0 aliphatic carbocycles. The molecule has 0 aliphatic heterocycles. The maximum Gasteiger partial charge on any atom is 0.340 e. The number of hydrogen-bond acceptors (Lipinski definition) is 4. The molecule has 0 aliphatic rings. The minimum atomic E-state index is -0.448. The molecule has 0 aromatic heterocycles. The Kier molecular flexibility index (Phi) is 5.95. The largest absolute Gasteiger partial charge is 0.462 e. The van der Waals surface area contributed by atoms with Gasteiger partial charge in [0.2, 0.25) is 5.91 Å². The van der Waals surface area contributed by atoms with Crippen LogP contribution in [0.25, 0.3) is 0 Å². The molecule has 0 radical (unpaired) electrons. The van der Waals surface area contributed by atoms with Gasteiger partial charge in [-0.05, 0) is 50.1 Å². The van der Waals surface area contributed by atoms with Crippen molar-refractivity contribution in [2.45, 2.75) is 20.8 Å². The Labute approximate surface area is 142 Å². The van der Waals surface area contributed by atoms with Crippen LogP contribution >= 0.6 is 0 Å². The van der Waals surface area contributed by atoms with Gasteiger partial charge in [0.1, 0.15) is 0 Å². The molecule has 5 heteroatoms. The third-order valence-corrected chi connectivity index (χ3v) is 3.74. The van der Waals surface area contributed by atoms with Crippen molar-refractivity contribution in [3.05, 3.63) is 59.2 Å². The number of amides is 1. The van der Waals surface area contributed by atoms with E-state index in [1.54, 1.807) is 31.2 Å². The zero-order valence-electron chi connectivity index (χ0n) is 14.2. The van der Waals surface area contributed by atoms with Crippen LogP contribution in [0, 0.1) is 13.8 Å². The standard InChI is InChI=1S/C19H22N2O3/c1-4-24-19(23)15-9-5-6-10-17(15)21-18(22)12-20-16-11-7-8-13(2)14(16)3/h5-11,20H,4,12H2,1-3H3,(H,21,22). The molecule has 24 heavy (non-hydrogen) atoms. The van der Waals surface area contributed by atoms with Gasteiger partial charge >= 0.3 is 5.97 Å². The van der Waals surface area contributed by atoms with Gasteiger partial charge in [-0.1, -0.05) is 24.3 Å². The molecule has 0 spiro atoms. The minimum absolute atomic E-state index is 0.113. The molecule has 0 atom stereocenters. The topological polar surface area (TPSA) is 67.4 Å². The lowest BCUT2D eigenvalue weighted by molar-refractivity contribution is -0.114. The zero-order valence-corrected chi connectivity index (χ0v) is 14.2. The van der Waals surface area contributed by atoms with Crippen LogP contribution in [0.4, 0.5) is 11.4 Å². The van der Waals surface area contributed by atoms with Crippen molar-refractivity contribution in [2.24, 2.45) is 0 Å². The molecule has 126 valence electrons. The predicted molar refractivity (Wildman–Crippen MR) is 95.4 cm³/mol. The number of esters is 1. The van der Waals surface area contributed by atoms with Crippen molar-refractivity contribution < 1.29 is 14.3 Å². The van der Waals surface area contributed by atoms with Crippen LogP contribution in [0.15, 0.2) is 42.5 Å². The summed E-state index contributed by atoms with van der Waals surface area (Å²) in [6, 6.07) is 12.7. The Morgan fingerprint density at radius 1 is 1.00 bits per heavy atom. The second-order valence-corrected chi connectivity index (χ2v) is 5.42. The number of carbonyl (C=O) groups is 2. The highest BCUT2D eigenvalue weighted by Gasteiger charge is 2.14. The van der Waals surface area contributed by atoms with Gasteiger partial charge in [-0.2, -0.15) is 0 Å². The number of ether oxygens (including phenoxy) is 1. The van der Waals surface area contributed by atoms with E-state index < -0.39 is 5.97 Å². The lowest BCUT2D eigenvalue weighted by Gasteiger charge is -2.13. The summed E-state index contributed by atoms with van der Waals surface area (Å²) in [5, 5.41) is 5.87. The van der Waals surface area contributed by atoms with E-state index in [-0.39, 0.29) is 19.1 Å². The molecule has 5 nitrogen and oxygen atoms in total. The fourth-order valence-electron chi connectivity index (χ4n) is 2.29. The van der Waals surface area contributed by atoms with E-state index >= 15 is 0 Å². The summed E-state index contributed by atoms with van der Waals surface area (Å²) in [6.07, 6.45) is 0. The molecule has 0 saturated carbocycles. The first-order valence-corrected chi connectivity index (χ1v) is 7.89. The summed E-state index contributed by atoms with van der Waals surface area (Å²) in [4.78, 5) is 24.1. The minimum Gasteiger partial charge on any atom is -0.462 e. The van der Waals surface area contributed by atoms with E-state index in [4.69, 9.17) is 4.74 Å². The first kappa shape index (κ1) is 17.5. The number of carbonyl (C=O) groups excluding carboxylic acids is 2. The van der Waals surface area contributed by atoms with E-state index in [1.165, 1.54) is 0 Å². The number of benzene rings is 2. The molecule has 2 rings (SSSR count). The van der Waals surface area contributed by atoms with Crippen molar-refractivity contribution in [2.75, 3.05) is 23.8 Å². The van der Waals surface area contributed by atoms with Crippen molar-refractivity contribution in [1.82, 2.24) is 0 Å². The van der Waals surface area contributed by atoms with Gasteiger partial charge < -0.3 is 15.4 Å². The van der Waals surface area contributed by atoms with Crippen LogP contribution in [-0.2, 0) is 9.53 Å². The molecular weight excluding hydrogens is 304 g/mol. The Morgan fingerprint density at radius 2 is 1.71 bits per heavy atom. The third kappa shape index (κ3) is 4.35. The average Bonchev–Trinajstić information content (AvgIpc) is 2.57. The monoisotopic (exact) mass is 326 g/mol. The van der Waals surface area contributed by atoms with Gasteiger partial charge in [-0.3, -0.25) is 4.79 Å². The van der Waals surface area contributed by atoms with Crippen molar-refractivity contribution >= 4 is 23.3 Å². The second-order valence-electron chi connectivity index (χ2n) is 5.42. The molecule has 0 saturated heterocycles. The highest BCUT2D eigenvalue weighted by Crippen LogP contribution is 2.18. The average molecular weight is 326 g/mol. The maximum atomic E-state index is 12.2. The zero-order chi connectivity index (χ0) is 17.5. The Balaban J connectivity index is 2.03. The van der Waals surface area contributed by atoms with E-state index in [2.05, 4.69) is 10.6 Å². The summed E-state index contributed by atoms with van der Waals surface area (Å²) in [5.41, 5.74) is 3.98. The normalized spacial score (nSPS) is 10.1. The van der Waals surface area contributed by atoms with Crippen LogP contribution in [-0.4, -0.2) is 25.0 Å². The number of anilines is 2. The first-order valence-electron chi connectivity index (χ1n) is 7.89. The quantitative estimate of drug-likeness (QED) is 0.797. The summed E-state index contributed by atoms with van der Waals surface area (Å²) < 4.78 is 5.00. The predicted octanol–water partition coefficient (Wildman–Crippen LogP) is 3.53. The van der Waals surface area contributed by atoms with Gasteiger partial charge in [0, 0.05) is 5.69 Å². The summed E-state index contributed by atoms with van der Waals surface area (Å²) >= 11 is 0. The highest BCUT2D eigenvalue weighted by atomic mass is 16.5. The molecule has 2 N–H and O–H groups in total. The molecule has 0 unspecified atom stereocenters. The second kappa shape index (κ2) is 8.15. The number of nitrogens with one attached hydrogen (secondary N) is 2. The van der Waals surface area contributed by atoms with Gasteiger partial charge in [0.25, 0.3) is 0 Å². The number of aryl methyl sites for hydroxylation is 1. The van der Waals surface area contributed by atoms with E-state index in [0.717, 1.165) is 16.8 Å². The summed E-state index contributed by atoms with van der Waals surface area (Å²) in [6.45, 7) is 6.17. The van der Waals surface area contributed by atoms with E-state index in [9.17, 15) is 9.59 Å².